The Bertz CT molecular complexity index is 768. The largest absolute Gasteiger partial charge is 0.465 e. The Morgan fingerprint density at radius 2 is 1.65 bits per heavy atom. The molecule has 0 saturated carbocycles. The number of carbonyl (C=O) groups is 2. The van der Waals surface area contributed by atoms with E-state index < -0.39 is 23.6 Å². The van der Waals surface area contributed by atoms with Gasteiger partial charge in [0.15, 0.2) is 11.6 Å². The number of hydrogen-bond acceptors (Lipinski definition) is 3. The highest BCUT2D eigenvalue weighted by atomic mass is 127. The van der Waals surface area contributed by atoms with Gasteiger partial charge in [-0.3, -0.25) is 0 Å². The van der Waals surface area contributed by atoms with Crippen molar-refractivity contribution in [1.29, 1.82) is 0 Å². The zero-order chi connectivity index (χ0) is 17.0. The Kier molecular flexibility index (Phi) is 5.48. The average Bonchev–Trinajstić information content (AvgIpc) is 2.52. The van der Waals surface area contributed by atoms with Crippen molar-refractivity contribution < 1.29 is 23.1 Å². The van der Waals surface area contributed by atoms with E-state index >= 15 is 0 Å². The molecule has 0 unspecified atom stereocenters. The highest BCUT2D eigenvalue weighted by Gasteiger charge is 2.18. The molecule has 0 radical (unpaired) electrons. The lowest BCUT2D eigenvalue weighted by Gasteiger charge is -2.12. The third-order valence-electron chi connectivity index (χ3n) is 2.84. The van der Waals surface area contributed by atoms with Crippen LogP contribution < -0.4 is 10.6 Å². The Morgan fingerprint density at radius 3 is 2.30 bits per heavy atom. The topological polar surface area (TPSA) is 67.4 Å². The third kappa shape index (κ3) is 4.15. The van der Waals surface area contributed by atoms with Gasteiger partial charge in [-0.05, 0) is 40.8 Å². The van der Waals surface area contributed by atoms with Gasteiger partial charge < -0.3 is 15.4 Å². The van der Waals surface area contributed by atoms with E-state index in [-0.39, 0.29) is 11.3 Å². The van der Waals surface area contributed by atoms with Crippen LogP contribution in [-0.4, -0.2) is 19.1 Å². The molecule has 0 aliphatic carbocycles. The number of hydrogen-bond donors (Lipinski definition) is 2. The van der Waals surface area contributed by atoms with Crippen molar-refractivity contribution >= 4 is 46.0 Å². The first-order valence-corrected chi connectivity index (χ1v) is 7.40. The van der Waals surface area contributed by atoms with Crippen LogP contribution in [0.25, 0.3) is 0 Å². The maximum absolute atomic E-state index is 13.4. The number of rotatable bonds is 3. The zero-order valence-electron chi connectivity index (χ0n) is 11.8. The number of methoxy groups -OCH3 is 1. The van der Waals surface area contributed by atoms with Crippen molar-refractivity contribution in [2.24, 2.45) is 0 Å². The minimum absolute atomic E-state index is 0.195. The molecule has 2 aromatic rings. The second-order valence-corrected chi connectivity index (χ2v) is 5.52. The zero-order valence-corrected chi connectivity index (χ0v) is 14.0. The van der Waals surface area contributed by atoms with Gasteiger partial charge in [0.1, 0.15) is 0 Å². The van der Waals surface area contributed by atoms with Gasteiger partial charge in [0.25, 0.3) is 0 Å². The number of benzene rings is 2. The Labute approximate surface area is 144 Å². The number of amides is 2. The first-order chi connectivity index (χ1) is 10.9. The number of nitrogens with one attached hydrogen (secondary N) is 2. The molecule has 0 aromatic heterocycles. The van der Waals surface area contributed by atoms with Crippen LogP contribution >= 0.6 is 22.6 Å². The second kappa shape index (κ2) is 7.36. The molecule has 2 rings (SSSR count). The molecule has 23 heavy (non-hydrogen) atoms. The molecule has 0 bridgehead atoms. The van der Waals surface area contributed by atoms with Crippen LogP contribution in [0.4, 0.5) is 25.0 Å². The number of ether oxygens (including phenoxy) is 1. The quantitative estimate of drug-likeness (QED) is 0.570. The number of urea groups is 1. The first kappa shape index (κ1) is 17.1. The standard InChI is InChI=1S/C15H11F2IN2O3/c1-23-14(21)8-6-9(16)10(17)7-13(8)20-15(22)19-12-5-3-2-4-11(12)18/h2-7H,1H3,(H2,19,20,22). The number of para-hydroxylation sites is 1. The van der Waals surface area contributed by atoms with E-state index in [2.05, 4.69) is 15.4 Å². The molecule has 0 fully saturated rings. The fourth-order valence-corrected chi connectivity index (χ4v) is 2.29. The van der Waals surface area contributed by atoms with E-state index in [1.807, 2.05) is 22.6 Å². The van der Waals surface area contributed by atoms with Crippen LogP contribution in [0.1, 0.15) is 10.4 Å². The molecule has 0 saturated heterocycles. The van der Waals surface area contributed by atoms with Crippen molar-refractivity contribution in [3.8, 4) is 0 Å². The van der Waals surface area contributed by atoms with E-state index in [1.54, 1.807) is 24.3 Å². The van der Waals surface area contributed by atoms with Crippen molar-refractivity contribution in [1.82, 2.24) is 0 Å². The molecular weight excluding hydrogens is 421 g/mol. The summed E-state index contributed by atoms with van der Waals surface area (Å²) in [6, 6.07) is 7.68. The number of carbonyl (C=O) groups excluding carboxylic acids is 2. The van der Waals surface area contributed by atoms with E-state index in [4.69, 9.17) is 0 Å². The monoisotopic (exact) mass is 432 g/mol. The van der Waals surface area contributed by atoms with Gasteiger partial charge in [-0.25, -0.2) is 18.4 Å². The molecule has 2 amide bonds. The van der Waals surface area contributed by atoms with E-state index in [0.717, 1.165) is 16.7 Å². The average molecular weight is 432 g/mol. The fourth-order valence-electron chi connectivity index (χ4n) is 1.77. The predicted molar refractivity (Wildman–Crippen MR) is 89.5 cm³/mol. The lowest BCUT2D eigenvalue weighted by atomic mass is 10.1. The van der Waals surface area contributed by atoms with Crippen LogP contribution in [0.3, 0.4) is 0 Å². The third-order valence-corrected chi connectivity index (χ3v) is 3.78. The summed E-state index contributed by atoms with van der Waals surface area (Å²) in [4.78, 5) is 23.6. The molecule has 0 aliphatic rings. The van der Waals surface area contributed by atoms with Crippen LogP contribution in [0.5, 0.6) is 0 Å². The van der Waals surface area contributed by atoms with Crippen molar-refractivity contribution in [2.75, 3.05) is 17.7 Å². The molecule has 0 heterocycles. The normalized spacial score (nSPS) is 10.1. The lowest BCUT2D eigenvalue weighted by molar-refractivity contribution is 0.0601. The maximum Gasteiger partial charge on any atom is 0.340 e. The maximum atomic E-state index is 13.4. The van der Waals surface area contributed by atoms with Crippen LogP contribution in [0.15, 0.2) is 36.4 Å². The van der Waals surface area contributed by atoms with Crippen LogP contribution in [0.2, 0.25) is 0 Å². The summed E-state index contributed by atoms with van der Waals surface area (Å²) in [6.07, 6.45) is 0. The first-order valence-electron chi connectivity index (χ1n) is 6.32. The molecule has 5 nitrogen and oxygen atoms in total. The summed E-state index contributed by atoms with van der Waals surface area (Å²) in [6.45, 7) is 0. The summed E-state index contributed by atoms with van der Waals surface area (Å²) >= 11 is 2.03. The summed E-state index contributed by atoms with van der Waals surface area (Å²) in [5, 5.41) is 4.86. The molecule has 2 N–H and O–H groups in total. The van der Waals surface area contributed by atoms with Crippen LogP contribution in [0, 0.1) is 15.2 Å². The summed E-state index contributed by atoms with van der Waals surface area (Å²) < 4.78 is 31.9. The molecule has 2 aromatic carbocycles. The molecule has 120 valence electrons. The minimum atomic E-state index is -1.21. The highest BCUT2D eigenvalue weighted by Crippen LogP contribution is 2.22. The van der Waals surface area contributed by atoms with E-state index in [0.29, 0.717) is 11.8 Å². The lowest BCUT2D eigenvalue weighted by Crippen LogP contribution is -2.22. The molecule has 0 spiro atoms. The van der Waals surface area contributed by atoms with Gasteiger partial charge in [-0.15, -0.1) is 0 Å². The van der Waals surface area contributed by atoms with Gasteiger partial charge >= 0.3 is 12.0 Å². The van der Waals surface area contributed by atoms with E-state index in [1.165, 1.54) is 0 Å². The number of anilines is 2. The second-order valence-electron chi connectivity index (χ2n) is 4.36. The van der Waals surface area contributed by atoms with Crippen molar-refractivity contribution in [3.05, 3.63) is 57.2 Å². The molecule has 8 heteroatoms. The Morgan fingerprint density at radius 1 is 1.04 bits per heavy atom. The minimum Gasteiger partial charge on any atom is -0.465 e. The molecule has 0 atom stereocenters. The van der Waals surface area contributed by atoms with Gasteiger partial charge in [-0.2, -0.15) is 0 Å². The predicted octanol–water partition coefficient (Wildman–Crippen LogP) is 4.00. The van der Waals surface area contributed by atoms with Crippen molar-refractivity contribution in [3.63, 3.8) is 0 Å². The number of esters is 1. The van der Waals surface area contributed by atoms with Crippen LogP contribution in [-0.2, 0) is 4.74 Å². The summed E-state index contributed by atoms with van der Waals surface area (Å²) in [5.74, 6) is -3.30. The molecular formula is C15H11F2IN2O3. The summed E-state index contributed by atoms with van der Waals surface area (Å²) in [5.41, 5.74) is 0.0521. The van der Waals surface area contributed by atoms with E-state index in [9.17, 15) is 18.4 Å². The van der Waals surface area contributed by atoms with Gasteiger partial charge in [0.05, 0.1) is 24.0 Å². The number of halogens is 3. The smallest absolute Gasteiger partial charge is 0.340 e. The SMILES string of the molecule is COC(=O)c1cc(F)c(F)cc1NC(=O)Nc1ccccc1I. The Hall–Kier alpha value is -2.23. The van der Waals surface area contributed by atoms with Gasteiger partial charge in [-0.1, -0.05) is 12.1 Å². The Balaban J connectivity index is 2.25. The fraction of sp³-hybridized carbons (Fsp3) is 0.0667. The van der Waals surface area contributed by atoms with Gasteiger partial charge in [0.2, 0.25) is 0 Å². The summed E-state index contributed by atoms with van der Waals surface area (Å²) in [7, 11) is 1.10. The highest BCUT2D eigenvalue weighted by molar-refractivity contribution is 14.1. The molecule has 0 aliphatic heterocycles. The van der Waals surface area contributed by atoms with Crippen molar-refractivity contribution in [2.45, 2.75) is 0 Å². The van der Waals surface area contributed by atoms with Gasteiger partial charge in [0, 0.05) is 9.64 Å².